The minimum absolute atomic E-state index is 0.132. The van der Waals surface area contributed by atoms with Gasteiger partial charge in [-0.2, -0.15) is 0 Å². The lowest BCUT2D eigenvalue weighted by Gasteiger charge is -2.17. The van der Waals surface area contributed by atoms with Crippen LogP contribution in [-0.4, -0.2) is 21.1 Å². The van der Waals surface area contributed by atoms with E-state index in [1.807, 2.05) is 6.07 Å². The van der Waals surface area contributed by atoms with Gasteiger partial charge in [-0.25, -0.2) is 0 Å². The molecule has 72 valence electrons. The Kier molecular flexibility index (Phi) is 2.86. The molecule has 0 N–H and O–H groups in total. The average Bonchev–Trinajstić information content (AvgIpc) is 2.38. The first-order chi connectivity index (χ1) is 6.41. The smallest absolute Gasteiger partial charge is 0.147 e. The van der Waals surface area contributed by atoms with Crippen LogP contribution in [0.1, 0.15) is 5.56 Å². The van der Waals surface area contributed by atoms with E-state index in [-0.39, 0.29) is 5.40 Å². The first-order valence-corrected chi connectivity index (χ1v) is 6.51. The second kappa shape index (κ2) is 3.59. The van der Waals surface area contributed by atoms with Crippen molar-refractivity contribution >= 4 is 65.8 Å². The minimum Gasteiger partial charge on any atom is -0.504 e. The second-order valence-electron chi connectivity index (χ2n) is 4.00. The highest BCUT2D eigenvalue weighted by Crippen LogP contribution is 2.43. The van der Waals surface area contributed by atoms with E-state index in [0.29, 0.717) is 0 Å². The van der Waals surface area contributed by atoms with Gasteiger partial charge in [-0.3, -0.25) is 0 Å². The third-order valence-electron chi connectivity index (χ3n) is 2.20. The molecule has 2 rings (SSSR count). The lowest BCUT2D eigenvalue weighted by molar-refractivity contribution is 0.273. The van der Waals surface area contributed by atoms with Gasteiger partial charge in [-0.05, 0) is 44.6 Å². The molecule has 0 saturated carbocycles. The maximum Gasteiger partial charge on any atom is 0.147 e. The number of benzene rings is 1. The normalized spacial score (nSPS) is 17.6. The number of rotatable bonds is 0. The van der Waals surface area contributed by atoms with E-state index < -0.39 is 0 Å². The molecule has 0 spiro atoms. The Morgan fingerprint density at radius 2 is 2.21 bits per heavy atom. The standard InChI is InChI=1S/C8H7B2BrClIO/c9-8(10)2-3-6(12)4(11)1-5(13)7(3)14-8/h1H,2,9-10H2. The molecule has 0 bridgehead atoms. The Morgan fingerprint density at radius 1 is 1.57 bits per heavy atom. The van der Waals surface area contributed by atoms with Crippen LogP contribution in [0.3, 0.4) is 0 Å². The Labute approximate surface area is 112 Å². The quantitative estimate of drug-likeness (QED) is 0.376. The maximum atomic E-state index is 6.21. The number of ether oxygens (including phenoxy) is 1. The van der Waals surface area contributed by atoms with Crippen LogP contribution in [0, 0.1) is 3.57 Å². The minimum atomic E-state index is -0.132. The average molecular weight is 383 g/mol. The Balaban J connectivity index is 2.61. The van der Waals surface area contributed by atoms with Gasteiger partial charge in [0.15, 0.2) is 0 Å². The lowest BCUT2D eigenvalue weighted by Crippen LogP contribution is -2.35. The molecule has 0 atom stereocenters. The van der Waals surface area contributed by atoms with Crippen molar-refractivity contribution in [2.75, 3.05) is 0 Å². The Morgan fingerprint density at radius 3 is 2.86 bits per heavy atom. The number of halogens is 3. The molecule has 1 aromatic rings. The molecular formula is C8H7B2BrClIO. The number of fused-ring (bicyclic) bond motifs is 1. The number of hydrogen-bond acceptors (Lipinski definition) is 1. The molecule has 1 aromatic carbocycles. The van der Waals surface area contributed by atoms with Gasteiger partial charge in [0.25, 0.3) is 0 Å². The molecule has 0 aromatic heterocycles. The van der Waals surface area contributed by atoms with Crippen molar-refractivity contribution in [1.29, 1.82) is 0 Å². The second-order valence-corrected chi connectivity index (χ2v) is 6.39. The molecule has 0 unspecified atom stereocenters. The van der Waals surface area contributed by atoms with E-state index in [2.05, 4.69) is 54.2 Å². The monoisotopic (exact) mass is 382 g/mol. The van der Waals surface area contributed by atoms with Gasteiger partial charge in [0, 0.05) is 21.9 Å². The topological polar surface area (TPSA) is 9.23 Å². The van der Waals surface area contributed by atoms with Crippen molar-refractivity contribution < 1.29 is 4.74 Å². The van der Waals surface area contributed by atoms with Crippen molar-refractivity contribution in [2.24, 2.45) is 0 Å². The summed E-state index contributed by atoms with van der Waals surface area (Å²) in [5, 5.41) is 0.651. The molecule has 0 fully saturated rings. The summed E-state index contributed by atoms with van der Waals surface area (Å²) < 4.78 is 7.91. The largest absolute Gasteiger partial charge is 0.504 e. The molecular weight excluding hydrogens is 376 g/mol. The first-order valence-electron chi connectivity index (χ1n) is 4.26. The molecule has 1 aliphatic rings. The van der Waals surface area contributed by atoms with Crippen LogP contribution in [0.15, 0.2) is 10.5 Å². The summed E-state index contributed by atoms with van der Waals surface area (Å²) >= 11 is 11.9. The van der Waals surface area contributed by atoms with Gasteiger partial charge in [0.05, 0.1) is 8.59 Å². The molecule has 1 aliphatic heterocycles. The highest BCUT2D eigenvalue weighted by molar-refractivity contribution is 14.1. The zero-order valence-corrected chi connectivity index (χ0v) is 12.3. The summed E-state index contributed by atoms with van der Waals surface area (Å²) in [5.74, 6) is 0.948. The SMILES string of the molecule is BC1(B)Cc2c(Cl)c(Br)cc(I)c2O1. The van der Waals surface area contributed by atoms with Crippen LogP contribution in [-0.2, 0) is 6.42 Å². The Bertz CT molecular complexity index is 411. The molecule has 6 heteroatoms. The molecule has 14 heavy (non-hydrogen) atoms. The maximum absolute atomic E-state index is 6.21. The third kappa shape index (κ3) is 1.83. The molecule has 0 saturated heterocycles. The van der Waals surface area contributed by atoms with E-state index in [9.17, 15) is 0 Å². The van der Waals surface area contributed by atoms with Gasteiger partial charge >= 0.3 is 0 Å². The van der Waals surface area contributed by atoms with Crippen molar-refractivity contribution in [3.63, 3.8) is 0 Å². The summed E-state index contributed by atoms with van der Waals surface area (Å²) in [4.78, 5) is 0. The molecule has 0 amide bonds. The summed E-state index contributed by atoms with van der Waals surface area (Å²) in [6.07, 6.45) is 0.872. The van der Waals surface area contributed by atoms with Crippen molar-refractivity contribution in [3.8, 4) is 5.75 Å². The summed E-state index contributed by atoms with van der Waals surface area (Å²) in [7, 11) is 4.15. The Hall–Kier alpha value is 0.650. The van der Waals surface area contributed by atoms with Crippen LogP contribution >= 0.6 is 50.1 Å². The molecule has 0 radical (unpaired) electrons. The summed E-state index contributed by atoms with van der Waals surface area (Å²) in [6.45, 7) is 0. The number of hydrogen-bond donors (Lipinski definition) is 0. The molecule has 0 aliphatic carbocycles. The van der Waals surface area contributed by atoms with Crippen LogP contribution < -0.4 is 4.74 Å². The van der Waals surface area contributed by atoms with Crippen LogP contribution in [0.25, 0.3) is 0 Å². The zero-order chi connectivity index (χ0) is 10.5. The van der Waals surface area contributed by atoms with Crippen LogP contribution in [0.4, 0.5) is 0 Å². The van der Waals surface area contributed by atoms with Gasteiger partial charge in [-0.1, -0.05) is 11.6 Å². The third-order valence-corrected chi connectivity index (χ3v) is 4.29. The van der Waals surface area contributed by atoms with Crippen molar-refractivity contribution in [1.82, 2.24) is 0 Å². The van der Waals surface area contributed by atoms with Gasteiger partial charge in [0.2, 0.25) is 0 Å². The fourth-order valence-corrected chi connectivity index (χ4v) is 3.48. The summed E-state index contributed by atoms with van der Waals surface area (Å²) in [5.41, 5.74) is 1.12. The highest BCUT2D eigenvalue weighted by Gasteiger charge is 2.33. The van der Waals surface area contributed by atoms with E-state index in [1.54, 1.807) is 0 Å². The predicted octanol–water partition coefficient (Wildman–Crippen LogP) is 1.56. The zero-order valence-electron chi connectivity index (χ0n) is 7.83. The molecule has 1 nitrogen and oxygen atoms in total. The predicted molar refractivity (Wildman–Crippen MR) is 76.0 cm³/mol. The van der Waals surface area contributed by atoms with Gasteiger partial charge in [-0.15, -0.1) is 0 Å². The fourth-order valence-electron chi connectivity index (χ4n) is 1.63. The molecule has 1 heterocycles. The summed E-state index contributed by atoms with van der Waals surface area (Å²) in [6, 6.07) is 1.99. The van der Waals surface area contributed by atoms with E-state index in [0.717, 1.165) is 30.8 Å². The fraction of sp³-hybridized carbons (Fsp3) is 0.250. The highest BCUT2D eigenvalue weighted by atomic mass is 127. The first kappa shape index (κ1) is 11.1. The van der Waals surface area contributed by atoms with Crippen LogP contribution in [0.2, 0.25) is 5.02 Å². The van der Waals surface area contributed by atoms with Crippen molar-refractivity contribution in [3.05, 3.63) is 24.7 Å². The van der Waals surface area contributed by atoms with Gasteiger partial charge < -0.3 is 4.74 Å². The van der Waals surface area contributed by atoms with Crippen LogP contribution in [0.5, 0.6) is 5.75 Å². The van der Waals surface area contributed by atoms with E-state index >= 15 is 0 Å². The van der Waals surface area contributed by atoms with Crippen molar-refractivity contribution in [2.45, 2.75) is 11.8 Å². The lowest BCUT2D eigenvalue weighted by atomic mass is 9.63. The van der Waals surface area contributed by atoms with Gasteiger partial charge in [0.1, 0.15) is 21.4 Å². The van der Waals surface area contributed by atoms with E-state index in [1.165, 1.54) is 0 Å². The van der Waals surface area contributed by atoms with E-state index in [4.69, 9.17) is 16.3 Å².